The normalized spacial score (nSPS) is 14.7. The van der Waals surface area contributed by atoms with Crippen LogP contribution in [0.15, 0.2) is 18.3 Å². The van der Waals surface area contributed by atoms with Crippen LogP contribution in [0.3, 0.4) is 0 Å². The summed E-state index contributed by atoms with van der Waals surface area (Å²) in [5.41, 5.74) is 1.59. The molecule has 96 valence electrons. The summed E-state index contributed by atoms with van der Waals surface area (Å²) in [6.07, 6.45) is 4.36. The van der Waals surface area contributed by atoms with Crippen molar-refractivity contribution < 1.29 is 4.74 Å². The molecule has 1 aromatic rings. The molecule has 1 fully saturated rings. The van der Waals surface area contributed by atoms with Crippen molar-refractivity contribution in [2.24, 2.45) is 5.92 Å². The molecule has 0 amide bonds. The van der Waals surface area contributed by atoms with E-state index in [1.165, 1.54) is 12.8 Å². The van der Waals surface area contributed by atoms with Crippen LogP contribution in [-0.4, -0.2) is 36.7 Å². The largest absolute Gasteiger partial charge is 0.380 e. The predicted octanol–water partition coefficient (Wildman–Crippen LogP) is 1.81. The molecule has 1 saturated carbocycles. The molecule has 4 nitrogen and oxygen atoms in total. The predicted molar refractivity (Wildman–Crippen MR) is 68.8 cm³/mol. The summed E-state index contributed by atoms with van der Waals surface area (Å²) < 4.78 is 5.60. The Morgan fingerprint density at radius 1 is 1.56 bits per heavy atom. The molecule has 0 aromatic carbocycles. The minimum absolute atomic E-state index is 0.478. The molecule has 1 aliphatic rings. The van der Waals surface area contributed by atoms with E-state index in [0.29, 0.717) is 5.69 Å². The van der Waals surface area contributed by atoms with Gasteiger partial charge in [0.2, 0.25) is 0 Å². The highest BCUT2D eigenvalue weighted by atomic mass is 16.5. The number of rotatable bonds is 7. The van der Waals surface area contributed by atoms with Gasteiger partial charge >= 0.3 is 0 Å². The zero-order chi connectivity index (χ0) is 12.8. The first-order valence-electron chi connectivity index (χ1n) is 6.39. The van der Waals surface area contributed by atoms with E-state index >= 15 is 0 Å². The fourth-order valence-electron chi connectivity index (χ4n) is 1.78. The minimum Gasteiger partial charge on any atom is -0.380 e. The standard InChI is InChI=1S/C14H19N3O/c1-17(6-7-18-11-12-2-3-12)10-13-4-5-16-14(8-13)9-15/h4-5,8,12H,2-3,6-7,10-11H2,1H3. The van der Waals surface area contributed by atoms with E-state index in [9.17, 15) is 0 Å². The number of aromatic nitrogens is 1. The molecule has 0 radical (unpaired) electrons. The monoisotopic (exact) mass is 245 g/mol. The number of nitrogens with zero attached hydrogens (tertiary/aromatic N) is 3. The van der Waals surface area contributed by atoms with Gasteiger partial charge in [0.25, 0.3) is 0 Å². The minimum atomic E-state index is 0.478. The summed E-state index contributed by atoms with van der Waals surface area (Å²) >= 11 is 0. The SMILES string of the molecule is CN(CCOCC1CC1)Cc1ccnc(C#N)c1. The topological polar surface area (TPSA) is 49.1 Å². The van der Waals surface area contributed by atoms with E-state index in [2.05, 4.69) is 23.0 Å². The molecule has 1 aromatic heterocycles. The first-order chi connectivity index (χ1) is 8.78. The number of pyridine rings is 1. The van der Waals surface area contributed by atoms with E-state index in [4.69, 9.17) is 10.00 Å². The quantitative estimate of drug-likeness (QED) is 0.687. The van der Waals surface area contributed by atoms with Gasteiger partial charge in [0.05, 0.1) is 6.61 Å². The lowest BCUT2D eigenvalue weighted by Crippen LogP contribution is -2.23. The molecule has 18 heavy (non-hydrogen) atoms. The average molecular weight is 245 g/mol. The van der Waals surface area contributed by atoms with Gasteiger partial charge in [-0.1, -0.05) is 0 Å². The lowest BCUT2D eigenvalue weighted by molar-refractivity contribution is 0.102. The maximum absolute atomic E-state index is 8.78. The van der Waals surface area contributed by atoms with Crippen molar-refractivity contribution in [3.63, 3.8) is 0 Å². The summed E-state index contributed by atoms with van der Waals surface area (Å²) in [5.74, 6) is 0.827. The van der Waals surface area contributed by atoms with Gasteiger partial charge in [-0.05, 0) is 43.5 Å². The Hall–Kier alpha value is -1.44. The van der Waals surface area contributed by atoms with E-state index in [1.807, 2.05) is 12.1 Å². The third-order valence-corrected chi connectivity index (χ3v) is 3.06. The van der Waals surface area contributed by atoms with Gasteiger partial charge in [0, 0.05) is 25.9 Å². The van der Waals surface area contributed by atoms with Crippen LogP contribution in [0.1, 0.15) is 24.1 Å². The highest BCUT2D eigenvalue weighted by Gasteiger charge is 2.20. The maximum atomic E-state index is 8.78. The summed E-state index contributed by atoms with van der Waals surface area (Å²) in [6, 6.07) is 5.84. The molecule has 2 rings (SSSR count). The van der Waals surface area contributed by atoms with Crippen LogP contribution in [0.5, 0.6) is 0 Å². The van der Waals surface area contributed by atoms with E-state index in [-0.39, 0.29) is 0 Å². The second-order valence-corrected chi connectivity index (χ2v) is 4.92. The Balaban J connectivity index is 1.68. The lowest BCUT2D eigenvalue weighted by Gasteiger charge is -2.16. The van der Waals surface area contributed by atoms with Crippen molar-refractivity contribution in [2.75, 3.05) is 26.8 Å². The second kappa shape index (κ2) is 6.48. The van der Waals surface area contributed by atoms with Crippen molar-refractivity contribution in [1.29, 1.82) is 5.26 Å². The number of hydrogen-bond donors (Lipinski definition) is 0. The van der Waals surface area contributed by atoms with Crippen molar-refractivity contribution in [1.82, 2.24) is 9.88 Å². The van der Waals surface area contributed by atoms with Crippen molar-refractivity contribution in [3.8, 4) is 6.07 Å². The molecule has 1 heterocycles. The van der Waals surface area contributed by atoms with Gasteiger partial charge in [-0.25, -0.2) is 4.98 Å². The summed E-state index contributed by atoms with van der Waals surface area (Å²) in [4.78, 5) is 6.16. The van der Waals surface area contributed by atoms with Crippen molar-refractivity contribution in [2.45, 2.75) is 19.4 Å². The van der Waals surface area contributed by atoms with E-state index in [0.717, 1.165) is 37.8 Å². The number of nitriles is 1. The molecule has 0 saturated heterocycles. The molecule has 0 spiro atoms. The van der Waals surface area contributed by atoms with Crippen molar-refractivity contribution >= 4 is 0 Å². The number of likely N-dealkylation sites (N-methyl/N-ethyl adjacent to an activating group) is 1. The third kappa shape index (κ3) is 4.44. The fraction of sp³-hybridized carbons (Fsp3) is 0.571. The molecule has 4 heteroatoms. The smallest absolute Gasteiger partial charge is 0.140 e. The molecule has 0 unspecified atom stereocenters. The van der Waals surface area contributed by atoms with Crippen LogP contribution in [0.2, 0.25) is 0 Å². The van der Waals surface area contributed by atoms with Crippen LogP contribution in [0.25, 0.3) is 0 Å². The Bertz CT molecular complexity index is 423. The Kier molecular flexibility index (Phi) is 4.68. The molecular weight excluding hydrogens is 226 g/mol. The molecule has 0 atom stereocenters. The first kappa shape index (κ1) is 13.0. The van der Waals surface area contributed by atoms with Crippen LogP contribution in [-0.2, 0) is 11.3 Å². The third-order valence-electron chi connectivity index (χ3n) is 3.06. The van der Waals surface area contributed by atoms with Crippen LogP contribution >= 0.6 is 0 Å². The van der Waals surface area contributed by atoms with Gasteiger partial charge < -0.3 is 4.74 Å². The Morgan fingerprint density at radius 3 is 3.11 bits per heavy atom. The molecule has 0 N–H and O–H groups in total. The zero-order valence-electron chi connectivity index (χ0n) is 10.8. The van der Waals surface area contributed by atoms with Crippen LogP contribution in [0, 0.1) is 17.2 Å². The number of hydrogen-bond acceptors (Lipinski definition) is 4. The highest BCUT2D eigenvalue weighted by molar-refractivity contribution is 5.25. The Labute approximate surface area is 108 Å². The molecule has 0 aliphatic heterocycles. The number of ether oxygens (including phenoxy) is 1. The van der Waals surface area contributed by atoms with Gasteiger partial charge in [-0.2, -0.15) is 5.26 Å². The second-order valence-electron chi connectivity index (χ2n) is 4.92. The molecule has 0 bridgehead atoms. The van der Waals surface area contributed by atoms with Crippen LogP contribution < -0.4 is 0 Å². The maximum Gasteiger partial charge on any atom is 0.140 e. The summed E-state index contributed by atoms with van der Waals surface area (Å²) in [7, 11) is 2.06. The van der Waals surface area contributed by atoms with Gasteiger partial charge in [-0.15, -0.1) is 0 Å². The van der Waals surface area contributed by atoms with Gasteiger partial charge in [0.1, 0.15) is 11.8 Å². The Morgan fingerprint density at radius 2 is 2.39 bits per heavy atom. The molecule has 1 aliphatic carbocycles. The van der Waals surface area contributed by atoms with E-state index < -0.39 is 0 Å². The average Bonchev–Trinajstić information content (AvgIpc) is 3.19. The zero-order valence-corrected chi connectivity index (χ0v) is 10.8. The first-order valence-corrected chi connectivity index (χ1v) is 6.39. The van der Waals surface area contributed by atoms with E-state index in [1.54, 1.807) is 6.20 Å². The van der Waals surface area contributed by atoms with Gasteiger partial charge in [0.15, 0.2) is 0 Å². The fourth-order valence-corrected chi connectivity index (χ4v) is 1.78. The van der Waals surface area contributed by atoms with Gasteiger partial charge in [-0.3, -0.25) is 4.90 Å². The summed E-state index contributed by atoms with van der Waals surface area (Å²) in [6.45, 7) is 3.44. The summed E-state index contributed by atoms with van der Waals surface area (Å²) in [5, 5.41) is 8.78. The van der Waals surface area contributed by atoms with Crippen LogP contribution in [0.4, 0.5) is 0 Å². The molecular formula is C14H19N3O. The lowest BCUT2D eigenvalue weighted by atomic mass is 10.2. The highest BCUT2D eigenvalue weighted by Crippen LogP contribution is 2.28. The van der Waals surface area contributed by atoms with Crippen molar-refractivity contribution in [3.05, 3.63) is 29.6 Å².